The third kappa shape index (κ3) is 3.70. The molecule has 1 aromatic heterocycles. The van der Waals surface area contributed by atoms with Crippen LogP contribution in [0.3, 0.4) is 0 Å². The molecule has 0 aromatic carbocycles. The number of aliphatic carboxylic acids is 1. The fraction of sp³-hybridized carbons (Fsp3) is 0.696. The lowest BCUT2D eigenvalue weighted by atomic mass is 9.54. The van der Waals surface area contributed by atoms with Gasteiger partial charge in [-0.1, -0.05) is 6.92 Å². The van der Waals surface area contributed by atoms with E-state index in [1.54, 1.807) is 11.8 Å². The number of carbonyl (C=O) groups excluding carboxylic acids is 1. The molecule has 7 heteroatoms. The number of carboxylic acids is 1. The van der Waals surface area contributed by atoms with Crippen LogP contribution in [0.4, 0.5) is 5.82 Å². The summed E-state index contributed by atoms with van der Waals surface area (Å²) < 4.78 is 0. The number of nitrogens with one attached hydrogen (secondary N) is 1. The SMILES string of the molecule is CCSc1nc(N2CC[C@@H](C(=O)O)C2)ccc1C(=O)NC1C2CC3CC(C2)CC1C3. The van der Waals surface area contributed by atoms with E-state index in [0.29, 0.717) is 43.0 Å². The van der Waals surface area contributed by atoms with E-state index in [1.165, 1.54) is 32.1 Å². The van der Waals surface area contributed by atoms with Gasteiger partial charge in [0.2, 0.25) is 0 Å². The van der Waals surface area contributed by atoms with E-state index in [9.17, 15) is 14.7 Å². The van der Waals surface area contributed by atoms with E-state index in [-0.39, 0.29) is 11.8 Å². The van der Waals surface area contributed by atoms with Crippen LogP contribution in [-0.4, -0.2) is 46.9 Å². The topological polar surface area (TPSA) is 82.5 Å². The first-order valence-electron chi connectivity index (χ1n) is 11.4. The van der Waals surface area contributed by atoms with Crippen molar-refractivity contribution in [3.8, 4) is 0 Å². The fourth-order valence-corrected chi connectivity index (χ4v) is 7.33. The first-order valence-corrected chi connectivity index (χ1v) is 12.4. The van der Waals surface area contributed by atoms with E-state index in [4.69, 9.17) is 4.98 Å². The Kier molecular flexibility index (Phi) is 5.42. The Balaban J connectivity index is 1.32. The fourth-order valence-electron chi connectivity index (χ4n) is 6.59. The van der Waals surface area contributed by atoms with Crippen molar-refractivity contribution in [2.24, 2.45) is 29.6 Å². The molecule has 4 bridgehead atoms. The smallest absolute Gasteiger partial charge is 0.308 e. The largest absolute Gasteiger partial charge is 0.481 e. The molecule has 1 aliphatic heterocycles. The molecule has 4 saturated carbocycles. The Hall–Kier alpha value is -1.76. The van der Waals surface area contributed by atoms with Crippen molar-refractivity contribution in [2.45, 2.75) is 56.5 Å². The highest BCUT2D eigenvalue weighted by Gasteiger charge is 2.48. The molecule has 4 aliphatic carbocycles. The molecular weight excluding hydrogens is 398 g/mol. The molecule has 162 valence electrons. The number of thioether (sulfide) groups is 1. The van der Waals surface area contributed by atoms with Crippen molar-refractivity contribution >= 4 is 29.5 Å². The van der Waals surface area contributed by atoms with Gasteiger partial charge >= 0.3 is 5.97 Å². The van der Waals surface area contributed by atoms with Crippen LogP contribution in [0.5, 0.6) is 0 Å². The first kappa shape index (κ1) is 20.2. The lowest BCUT2D eigenvalue weighted by Gasteiger charge is -2.54. The standard InChI is InChI=1S/C23H31N3O3S/c1-2-30-22-18(3-4-19(24-22)26-6-5-15(12-26)23(28)29)21(27)25-20-16-8-13-7-14(10-16)11-17(20)9-13/h3-4,13-17,20H,2,5-12H2,1H3,(H,25,27)(H,28,29)/t13?,14?,15-,16?,17?,20?/m1/s1. The summed E-state index contributed by atoms with van der Waals surface area (Å²) in [5.41, 5.74) is 0.661. The van der Waals surface area contributed by atoms with E-state index in [1.807, 2.05) is 17.0 Å². The number of pyridine rings is 1. The minimum absolute atomic E-state index is 0.00677. The zero-order valence-electron chi connectivity index (χ0n) is 17.5. The van der Waals surface area contributed by atoms with E-state index < -0.39 is 5.97 Å². The zero-order chi connectivity index (χ0) is 20.8. The second kappa shape index (κ2) is 8.06. The molecule has 0 spiro atoms. The third-order valence-electron chi connectivity index (χ3n) is 7.76. The van der Waals surface area contributed by atoms with Gasteiger partial charge in [-0.3, -0.25) is 9.59 Å². The summed E-state index contributed by atoms with van der Waals surface area (Å²) >= 11 is 1.59. The lowest BCUT2D eigenvalue weighted by molar-refractivity contribution is -0.140. The Bertz CT molecular complexity index is 817. The quantitative estimate of drug-likeness (QED) is 0.672. The summed E-state index contributed by atoms with van der Waals surface area (Å²) in [5, 5.41) is 13.4. The van der Waals surface area contributed by atoms with Gasteiger partial charge in [-0.05, 0) is 80.1 Å². The summed E-state index contributed by atoms with van der Waals surface area (Å²) in [6.45, 7) is 3.24. The van der Waals surface area contributed by atoms with Gasteiger partial charge in [-0.15, -0.1) is 11.8 Å². The predicted octanol–water partition coefficient (Wildman–Crippen LogP) is 3.66. The Morgan fingerprint density at radius 1 is 1.17 bits per heavy atom. The highest BCUT2D eigenvalue weighted by molar-refractivity contribution is 7.99. The number of aromatic nitrogens is 1. The predicted molar refractivity (Wildman–Crippen MR) is 117 cm³/mol. The molecule has 0 radical (unpaired) electrons. The number of anilines is 1. The monoisotopic (exact) mass is 429 g/mol. The number of carbonyl (C=O) groups is 2. The van der Waals surface area contributed by atoms with Crippen LogP contribution in [0.2, 0.25) is 0 Å². The summed E-state index contributed by atoms with van der Waals surface area (Å²) in [7, 11) is 0. The van der Waals surface area contributed by atoms with Gasteiger partial charge in [-0.25, -0.2) is 4.98 Å². The van der Waals surface area contributed by atoms with E-state index in [0.717, 1.165) is 28.4 Å². The zero-order valence-corrected chi connectivity index (χ0v) is 18.4. The maximum absolute atomic E-state index is 13.3. The van der Waals surface area contributed by atoms with Gasteiger partial charge in [0.1, 0.15) is 10.8 Å². The average molecular weight is 430 g/mol. The molecule has 30 heavy (non-hydrogen) atoms. The van der Waals surface area contributed by atoms with Gasteiger partial charge in [0, 0.05) is 19.1 Å². The van der Waals surface area contributed by atoms with Crippen LogP contribution in [0, 0.1) is 29.6 Å². The molecule has 6 rings (SSSR count). The number of amides is 1. The van der Waals surface area contributed by atoms with Crippen LogP contribution in [0.1, 0.15) is 55.8 Å². The van der Waals surface area contributed by atoms with Gasteiger partial charge in [-0.2, -0.15) is 0 Å². The number of nitrogens with zero attached hydrogens (tertiary/aromatic N) is 2. The minimum atomic E-state index is -0.743. The average Bonchev–Trinajstić information content (AvgIpc) is 3.21. The van der Waals surface area contributed by atoms with Crippen LogP contribution in [-0.2, 0) is 4.79 Å². The van der Waals surface area contributed by atoms with Gasteiger partial charge in [0.15, 0.2) is 0 Å². The van der Waals surface area contributed by atoms with Crippen molar-refractivity contribution in [1.82, 2.24) is 10.3 Å². The van der Waals surface area contributed by atoms with Crippen LogP contribution < -0.4 is 10.2 Å². The number of hydrogen-bond donors (Lipinski definition) is 2. The number of hydrogen-bond acceptors (Lipinski definition) is 5. The third-order valence-corrected chi connectivity index (χ3v) is 8.63. The van der Waals surface area contributed by atoms with Crippen molar-refractivity contribution in [3.05, 3.63) is 17.7 Å². The van der Waals surface area contributed by atoms with Gasteiger partial charge < -0.3 is 15.3 Å². The summed E-state index contributed by atoms with van der Waals surface area (Å²) in [6, 6.07) is 4.09. The molecule has 5 fully saturated rings. The molecule has 2 N–H and O–H groups in total. The Morgan fingerprint density at radius 2 is 1.87 bits per heavy atom. The van der Waals surface area contributed by atoms with Crippen molar-refractivity contribution in [1.29, 1.82) is 0 Å². The number of rotatable bonds is 6. The molecule has 2 heterocycles. The van der Waals surface area contributed by atoms with Gasteiger partial charge in [0.05, 0.1) is 11.5 Å². The lowest BCUT2D eigenvalue weighted by Crippen LogP contribution is -2.55. The minimum Gasteiger partial charge on any atom is -0.481 e. The van der Waals surface area contributed by atoms with E-state index >= 15 is 0 Å². The van der Waals surface area contributed by atoms with E-state index in [2.05, 4.69) is 12.2 Å². The first-order chi connectivity index (χ1) is 14.5. The van der Waals surface area contributed by atoms with Crippen molar-refractivity contribution in [3.63, 3.8) is 0 Å². The molecule has 0 unspecified atom stereocenters. The maximum Gasteiger partial charge on any atom is 0.308 e. The normalized spacial score (nSPS) is 34.4. The molecule has 1 saturated heterocycles. The van der Waals surface area contributed by atoms with Crippen LogP contribution in [0.25, 0.3) is 0 Å². The molecule has 1 amide bonds. The summed E-state index contributed by atoms with van der Waals surface area (Å²) in [6.07, 6.45) is 7.19. The maximum atomic E-state index is 13.3. The molecule has 1 aromatic rings. The molecule has 6 nitrogen and oxygen atoms in total. The summed E-state index contributed by atoms with van der Waals surface area (Å²) in [4.78, 5) is 31.3. The second-order valence-corrected chi connectivity index (χ2v) is 10.9. The Labute approximate surface area is 182 Å². The second-order valence-electron chi connectivity index (χ2n) is 9.65. The molecular formula is C23H31N3O3S. The highest BCUT2D eigenvalue weighted by Crippen LogP contribution is 2.53. The summed E-state index contributed by atoms with van der Waals surface area (Å²) in [5.74, 6) is 3.63. The Morgan fingerprint density at radius 3 is 2.47 bits per heavy atom. The molecule has 1 atom stereocenters. The van der Waals surface area contributed by atoms with Crippen LogP contribution >= 0.6 is 11.8 Å². The highest BCUT2D eigenvalue weighted by atomic mass is 32.2. The van der Waals surface area contributed by atoms with Gasteiger partial charge in [0.25, 0.3) is 5.91 Å². The van der Waals surface area contributed by atoms with Crippen LogP contribution in [0.15, 0.2) is 17.2 Å². The van der Waals surface area contributed by atoms with Crippen molar-refractivity contribution < 1.29 is 14.7 Å². The number of carboxylic acid groups (broad SMARTS) is 1. The molecule has 5 aliphatic rings. The van der Waals surface area contributed by atoms with Crippen molar-refractivity contribution in [2.75, 3.05) is 23.7 Å².